The molecule has 1 aliphatic rings. The lowest BCUT2D eigenvalue weighted by molar-refractivity contribution is -0.150. The van der Waals surface area contributed by atoms with Gasteiger partial charge in [0.25, 0.3) is 0 Å². The Kier molecular flexibility index (Phi) is 3.56. The molecule has 1 saturated heterocycles. The first-order valence-electron chi connectivity index (χ1n) is 6.19. The Balaban J connectivity index is 2.12. The third kappa shape index (κ3) is 2.48. The summed E-state index contributed by atoms with van der Waals surface area (Å²) in [4.78, 5) is 13.5. The van der Waals surface area contributed by atoms with Crippen LogP contribution in [0.5, 0.6) is 0 Å². The minimum atomic E-state index is -0.720. The molecule has 0 bridgehead atoms. The van der Waals surface area contributed by atoms with Crippen LogP contribution in [0, 0.1) is 18.3 Å². The summed E-state index contributed by atoms with van der Waals surface area (Å²) in [5.41, 5.74) is -0.682. The van der Waals surface area contributed by atoms with E-state index in [-0.39, 0.29) is 5.92 Å². The van der Waals surface area contributed by atoms with Gasteiger partial charge in [-0.2, -0.15) is 0 Å². The van der Waals surface area contributed by atoms with E-state index in [9.17, 15) is 9.90 Å². The van der Waals surface area contributed by atoms with Gasteiger partial charge in [0.1, 0.15) is 5.01 Å². The molecule has 18 heavy (non-hydrogen) atoms. The van der Waals surface area contributed by atoms with Crippen molar-refractivity contribution < 1.29 is 9.90 Å². The number of anilines is 1. The monoisotopic (exact) mass is 269 g/mol. The normalized spacial score (nSPS) is 21.1. The van der Waals surface area contributed by atoms with Crippen molar-refractivity contribution in [3.8, 4) is 0 Å². The Morgan fingerprint density at radius 1 is 1.50 bits per heavy atom. The van der Waals surface area contributed by atoms with E-state index in [0.717, 1.165) is 36.1 Å². The molecule has 1 atom stereocenters. The van der Waals surface area contributed by atoms with Crippen LogP contribution in [0.3, 0.4) is 0 Å². The molecular formula is C12H19N3O2S. The molecule has 0 amide bonds. The van der Waals surface area contributed by atoms with Crippen molar-refractivity contribution in [3.05, 3.63) is 5.01 Å². The van der Waals surface area contributed by atoms with Crippen LogP contribution >= 0.6 is 11.3 Å². The SMILES string of the molecule is Cc1nnc(N2CCCC(C(C)(C)C(=O)O)C2)s1. The number of nitrogens with zero attached hydrogens (tertiary/aromatic N) is 3. The molecular weight excluding hydrogens is 250 g/mol. The summed E-state index contributed by atoms with van der Waals surface area (Å²) in [5.74, 6) is -0.559. The maximum Gasteiger partial charge on any atom is 0.309 e. The predicted molar refractivity (Wildman–Crippen MR) is 71.0 cm³/mol. The lowest BCUT2D eigenvalue weighted by Gasteiger charge is -2.38. The van der Waals surface area contributed by atoms with Crippen LogP contribution in [0.1, 0.15) is 31.7 Å². The van der Waals surface area contributed by atoms with Gasteiger partial charge < -0.3 is 10.0 Å². The van der Waals surface area contributed by atoms with Gasteiger partial charge >= 0.3 is 5.97 Å². The second-order valence-electron chi connectivity index (χ2n) is 5.42. The first-order chi connectivity index (χ1) is 8.41. The first-order valence-corrected chi connectivity index (χ1v) is 7.01. The van der Waals surface area contributed by atoms with Gasteiger partial charge in [-0.1, -0.05) is 11.3 Å². The summed E-state index contributed by atoms with van der Waals surface area (Å²) in [5, 5.41) is 19.3. The number of aromatic nitrogens is 2. The molecule has 1 aromatic heterocycles. The van der Waals surface area contributed by atoms with E-state index in [4.69, 9.17) is 0 Å². The van der Waals surface area contributed by atoms with Crippen LogP contribution in [0.25, 0.3) is 0 Å². The van der Waals surface area contributed by atoms with Crippen molar-refractivity contribution in [1.82, 2.24) is 10.2 Å². The number of carboxylic acid groups (broad SMARTS) is 1. The third-order valence-corrected chi connectivity index (χ3v) is 4.68. The number of hydrogen-bond donors (Lipinski definition) is 1. The average Bonchev–Trinajstić information content (AvgIpc) is 2.76. The fourth-order valence-corrected chi connectivity index (χ4v) is 3.05. The van der Waals surface area contributed by atoms with Gasteiger partial charge in [-0.3, -0.25) is 4.79 Å². The van der Waals surface area contributed by atoms with E-state index < -0.39 is 11.4 Å². The summed E-state index contributed by atoms with van der Waals surface area (Å²) in [6.45, 7) is 7.27. The zero-order chi connectivity index (χ0) is 13.3. The Hall–Kier alpha value is -1.17. The smallest absolute Gasteiger partial charge is 0.309 e. The van der Waals surface area contributed by atoms with Crippen molar-refractivity contribution in [2.24, 2.45) is 11.3 Å². The molecule has 1 unspecified atom stereocenters. The molecule has 2 rings (SSSR count). The minimum Gasteiger partial charge on any atom is -0.481 e. The molecule has 5 nitrogen and oxygen atoms in total. The van der Waals surface area contributed by atoms with Crippen LogP contribution in [0.2, 0.25) is 0 Å². The zero-order valence-corrected chi connectivity index (χ0v) is 11.8. The van der Waals surface area contributed by atoms with Crippen LogP contribution in [0.4, 0.5) is 5.13 Å². The lowest BCUT2D eigenvalue weighted by atomic mass is 9.75. The van der Waals surface area contributed by atoms with E-state index in [1.807, 2.05) is 20.8 Å². The topological polar surface area (TPSA) is 66.3 Å². The maximum absolute atomic E-state index is 11.3. The Morgan fingerprint density at radius 2 is 2.22 bits per heavy atom. The summed E-state index contributed by atoms with van der Waals surface area (Å²) in [6, 6.07) is 0. The third-order valence-electron chi connectivity index (χ3n) is 3.78. The van der Waals surface area contributed by atoms with Gasteiger partial charge in [0.15, 0.2) is 0 Å². The van der Waals surface area contributed by atoms with Gasteiger partial charge in [0.05, 0.1) is 5.41 Å². The lowest BCUT2D eigenvalue weighted by Crippen LogP contribution is -2.44. The van der Waals surface area contributed by atoms with Crippen LogP contribution in [-0.4, -0.2) is 34.4 Å². The van der Waals surface area contributed by atoms with Crippen molar-refractivity contribution in [2.45, 2.75) is 33.6 Å². The van der Waals surface area contributed by atoms with Crippen LogP contribution < -0.4 is 4.90 Å². The molecule has 1 aromatic rings. The van der Waals surface area contributed by atoms with E-state index >= 15 is 0 Å². The number of piperidine rings is 1. The molecule has 0 saturated carbocycles. The Labute approximate surface area is 111 Å². The van der Waals surface area contributed by atoms with Gasteiger partial charge in [-0.25, -0.2) is 0 Å². The largest absolute Gasteiger partial charge is 0.481 e. The van der Waals surface area contributed by atoms with E-state index in [2.05, 4.69) is 15.1 Å². The number of aliphatic carboxylic acids is 1. The Morgan fingerprint density at radius 3 is 2.78 bits per heavy atom. The van der Waals surface area contributed by atoms with Crippen molar-refractivity contribution in [3.63, 3.8) is 0 Å². The van der Waals surface area contributed by atoms with Crippen LogP contribution in [-0.2, 0) is 4.79 Å². The fraction of sp³-hybridized carbons (Fsp3) is 0.750. The molecule has 2 heterocycles. The zero-order valence-electron chi connectivity index (χ0n) is 11.0. The molecule has 0 aliphatic carbocycles. The summed E-state index contributed by atoms with van der Waals surface area (Å²) >= 11 is 1.57. The quantitative estimate of drug-likeness (QED) is 0.911. The highest BCUT2D eigenvalue weighted by Crippen LogP contribution is 2.36. The van der Waals surface area contributed by atoms with Crippen molar-refractivity contribution >= 4 is 22.4 Å². The van der Waals surface area contributed by atoms with Gasteiger partial charge in [-0.15, -0.1) is 10.2 Å². The summed E-state index contributed by atoms with van der Waals surface area (Å²) in [6.07, 6.45) is 1.98. The molecule has 0 radical (unpaired) electrons. The number of aryl methyl sites for hydroxylation is 1. The fourth-order valence-electron chi connectivity index (χ4n) is 2.33. The van der Waals surface area contributed by atoms with Gasteiger partial charge in [0.2, 0.25) is 5.13 Å². The molecule has 1 aliphatic heterocycles. The maximum atomic E-state index is 11.3. The molecule has 1 fully saturated rings. The van der Waals surface area contributed by atoms with Gasteiger partial charge in [-0.05, 0) is 39.5 Å². The predicted octanol–water partition coefficient (Wildman–Crippen LogP) is 2.17. The highest BCUT2D eigenvalue weighted by molar-refractivity contribution is 7.15. The summed E-state index contributed by atoms with van der Waals surface area (Å²) < 4.78 is 0. The Bertz CT molecular complexity index is 444. The number of carboxylic acids is 1. The molecule has 100 valence electrons. The number of rotatable bonds is 3. The standard InChI is InChI=1S/C12H19N3O2S/c1-8-13-14-11(18-8)15-6-4-5-9(7-15)12(2,3)10(16)17/h9H,4-7H2,1-3H3,(H,16,17). The number of hydrogen-bond acceptors (Lipinski definition) is 5. The molecule has 0 spiro atoms. The minimum absolute atomic E-state index is 0.160. The summed E-state index contributed by atoms with van der Waals surface area (Å²) in [7, 11) is 0. The highest BCUT2D eigenvalue weighted by Gasteiger charge is 2.39. The second-order valence-corrected chi connectivity index (χ2v) is 6.58. The van der Waals surface area contributed by atoms with Crippen molar-refractivity contribution in [1.29, 1.82) is 0 Å². The van der Waals surface area contributed by atoms with E-state index in [0.29, 0.717) is 0 Å². The molecule has 1 N–H and O–H groups in total. The van der Waals surface area contributed by atoms with Crippen LogP contribution in [0.15, 0.2) is 0 Å². The number of carbonyl (C=O) groups is 1. The second kappa shape index (κ2) is 4.84. The first kappa shape index (κ1) is 13.3. The van der Waals surface area contributed by atoms with E-state index in [1.54, 1.807) is 11.3 Å². The molecule has 0 aromatic carbocycles. The highest BCUT2D eigenvalue weighted by atomic mass is 32.1. The average molecular weight is 269 g/mol. The van der Waals surface area contributed by atoms with Gasteiger partial charge in [0, 0.05) is 13.1 Å². The van der Waals surface area contributed by atoms with Crippen molar-refractivity contribution in [2.75, 3.05) is 18.0 Å². The van der Waals surface area contributed by atoms with E-state index in [1.165, 1.54) is 0 Å². The molecule has 6 heteroatoms.